The summed E-state index contributed by atoms with van der Waals surface area (Å²) in [6.45, 7) is 1.88. The molecule has 16 heavy (non-hydrogen) atoms. The minimum atomic E-state index is -1.21. The van der Waals surface area contributed by atoms with Crippen LogP contribution in [0.15, 0.2) is 24.3 Å². The third-order valence-corrected chi connectivity index (χ3v) is 2.35. The zero-order chi connectivity index (χ0) is 12.1. The Hall–Kier alpha value is -1.59. The van der Waals surface area contributed by atoms with Crippen molar-refractivity contribution in [1.82, 2.24) is 5.32 Å². The summed E-state index contributed by atoms with van der Waals surface area (Å²) in [5.41, 5.74) is 5.62. The van der Waals surface area contributed by atoms with E-state index < -0.39 is 12.0 Å². The summed E-state index contributed by atoms with van der Waals surface area (Å²) >= 11 is 0. The van der Waals surface area contributed by atoms with Crippen LogP contribution in [0.3, 0.4) is 0 Å². The van der Waals surface area contributed by atoms with E-state index in [1.165, 1.54) is 0 Å². The number of aliphatic hydroxyl groups excluding tert-OH is 1. The maximum atomic E-state index is 10.6. The van der Waals surface area contributed by atoms with Gasteiger partial charge in [-0.05, 0) is 13.0 Å². The molecule has 0 aromatic heterocycles. The first-order chi connectivity index (χ1) is 7.52. The lowest BCUT2D eigenvalue weighted by atomic mass is 10.1. The van der Waals surface area contributed by atoms with Crippen LogP contribution in [0.1, 0.15) is 18.5 Å². The van der Waals surface area contributed by atoms with Crippen molar-refractivity contribution in [3.8, 4) is 5.75 Å². The predicted octanol–water partition coefficient (Wildman–Crippen LogP) is -0.111. The molecule has 2 atom stereocenters. The number of nitrogens with two attached hydrogens (primary N) is 1. The first kappa shape index (κ1) is 12.5. The molecule has 0 aliphatic rings. The van der Waals surface area contributed by atoms with E-state index in [0.717, 1.165) is 0 Å². The van der Waals surface area contributed by atoms with Gasteiger partial charge < -0.3 is 21.3 Å². The van der Waals surface area contributed by atoms with Crippen LogP contribution in [0, 0.1) is 0 Å². The largest absolute Gasteiger partial charge is 0.508 e. The number of benzene rings is 1. The Morgan fingerprint density at radius 2 is 2.12 bits per heavy atom. The number of hydrogen-bond acceptors (Lipinski definition) is 4. The number of aromatic hydroxyl groups is 1. The van der Waals surface area contributed by atoms with Crippen LogP contribution >= 0.6 is 0 Å². The highest BCUT2D eigenvalue weighted by Gasteiger charge is 2.14. The second kappa shape index (κ2) is 5.48. The number of phenolic OH excluding ortho intramolecular Hbond substituents is 1. The van der Waals surface area contributed by atoms with Gasteiger partial charge in [0.25, 0.3) is 0 Å². The van der Waals surface area contributed by atoms with Crippen molar-refractivity contribution < 1.29 is 15.0 Å². The molecule has 0 fully saturated rings. The Kier molecular flexibility index (Phi) is 4.28. The highest BCUT2D eigenvalue weighted by molar-refractivity contribution is 5.78. The predicted molar refractivity (Wildman–Crippen MR) is 59.7 cm³/mol. The van der Waals surface area contributed by atoms with Gasteiger partial charge in [0, 0.05) is 18.2 Å². The lowest BCUT2D eigenvalue weighted by Crippen LogP contribution is -2.38. The maximum absolute atomic E-state index is 10.6. The lowest BCUT2D eigenvalue weighted by molar-refractivity contribution is -0.125. The molecule has 0 aliphatic carbocycles. The smallest absolute Gasteiger partial charge is 0.247 e. The van der Waals surface area contributed by atoms with E-state index in [1.54, 1.807) is 24.3 Å². The standard InChI is InChI=1S/C11H16N2O3/c1-7(13-6-10(15)11(12)16)8-4-2-3-5-9(8)14/h2-5,7,10,13-15H,6H2,1H3,(H2,12,16). The third-order valence-electron chi connectivity index (χ3n) is 2.35. The Labute approximate surface area is 93.9 Å². The molecule has 5 nitrogen and oxygen atoms in total. The van der Waals surface area contributed by atoms with Gasteiger partial charge in [0.2, 0.25) is 5.91 Å². The maximum Gasteiger partial charge on any atom is 0.247 e. The van der Waals surface area contributed by atoms with Crippen LogP contribution in [0.4, 0.5) is 0 Å². The Morgan fingerprint density at radius 3 is 2.69 bits per heavy atom. The average molecular weight is 224 g/mol. The number of phenols is 1. The van der Waals surface area contributed by atoms with Gasteiger partial charge >= 0.3 is 0 Å². The molecule has 0 saturated carbocycles. The lowest BCUT2D eigenvalue weighted by Gasteiger charge is -2.16. The number of amides is 1. The fourth-order valence-electron chi connectivity index (χ4n) is 1.35. The number of hydrogen-bond donors (Lipinski definition) is 4. The van der Waals surface area contributed by atoms with Gasteiger partial charge in [-0.25, -0.2) is 0 Å². The van der Waals surface area contributed by atoms with E-state index in [1.807, 2.05) is 6.92 Å². The van der Waals surface area contributed by atoms with Crippen LogP contribution in [-0.4, -0.2) is 28.8 Å². The van der Waals surface area contributed by atoms with Crippen LogP contribution < -0.4 is 11.1 Å². The second-order valence-corrected chi connectivity index (χ2v) is 3.61. The minimum Gasteiger partial charge on any atom is -0.508 e. The van der Waals surface area contributed by atoms with Gasteiger partial charge in [0.1, 0.15) is 11.9 Å². The summed E-state index contributed by atoms with van der Waals surface area (Å²) in [6.07, 6.45) is -1.21. The van der Waals surface area contributed by atoms with E-state index in [9.17, 15) is 15.0 Å². The number of carbonyl (C=O) groups excluding carboxylic acids is 1. The number of para-hydroxylation sites is 1. The van der Waals surface area contributed by atoms with Crippen molar-refractivity contribution in [1.29, 1.82) is 0 Å². The molecular weight excluding hydrogens is 208 g/mol. The van der Waals surface area contributed by atoms with Gasteiger partial charge in [-0.3, -0.25) is 4.79 Å². The summed E-state index contributed by atoms with van der Waals surface area (Å²) in [6, 6.07) is 6.71. The number of primary amides is 1. The van der Waals surface area contributed by atoms with Gasteiger partial charge in [-0.15, -0.1) is 0 Å². The Morgan fingerprint density at radius 1 is 1.50 bits per heavy atom. The number of rotatable bonds is 5. The summed E-state index contributed by atoms with van der Waals surface area (Å²) in [7, 11) is 0. The Balaban J connectivity index is 2.56. The summed E-state index contributed by atoms with van der Waals surface area (Å²) in [4.78, 5) is 10.6. The molecule has 0 radical (unpaired) electrons. The van der Waals surface area contributed by atoms with Crippen molar-refractivity contribution in [3.63, 3.8) is 0 Å². The molecule has 5 heteroatoms. The number of carbonyl (C=O) groups is 1. The SMILES string of the molecule is CC(NCC(O)C(N)=O)c1ccccc1O. The van der Waals surface area contributed by atoms with Gasteiger partial charge in [-0.1, -0.05) is 18.2 Å². The fourth-order valence-corrected chi connectivity index (χ4v) is 1.35. The topological polar surface area (TPSA) is 95.6 Å². The second-order valence-electron chi connectivity index (χ2n) is 3.61. The molecule has 88 valence electrons. The van der Waals surface area contributed by atoms with E-state index in [-0.39, 0.29) is 18.3 Å². The molecule has 1 amide bonds. The van der Waals surface area contributed by atoms with Crippen molar-refractivity contribution >= 4 is 5.91 Å². The molecule has 1 rings (SSSR count). The van der Waals surface area contributed by atoms with E-state index in [4.69, 9.17) is 5.73 Å². The van der Waals surface area contributed by atoms with Crippen molar-refractivity contribution in [2.75, 3.05) is 6.54 Å². The first-order valence-corrected chi connectivity index (χ1v) is 5.01. The molecule has 1 aromatic rings. The first-order valence-electron chi connectivity index (χ1n) is 5.01. The van der Waals surface area contributed by atoms with Crippen molar-refractivity contribution in [3.05, 3.63) is 29.8 Å². The average Bonchev–Trinajstić information content (AvgIpc) is 2.25. The summed E-state index contributed by atoms with van der Waals surface area (Å²) < 4.78 is 0. The molecular formula is C11H16N2O3. The fraction of sp³-hybridized carbons (Fsp3) is 0.364. The van der Waals surface area contributed by atoms with Crippen molar-refractivity contribution in [2.24, 2.45) is 5.73 Å². The van der Waals surface area contributed by atoms with E-state index in [2.05, 4.69) is 5.32 Å². The van der Waals surface area contributed by atoms with Gasteiger partial charge in [-0.2, -0.15) is 0 Å². The molecule has 0 bridgehead atoms. The molecule has 5 N–H and O–H groups in total. The van der Waals surface area contributed by atoms with Crippen LogP contribution in [0.2, 0.25) is 0 Å². The van der Waals surface area contributed by atoms with Crippen LogP contribution in [0.25, 0.3) is 0 Å². The van der Waals surface area contributed by atoms with Crippen LogP contribution in [-0.2, 0) is 4.79 Å². The van der Waals surface area contributed by atoms with Crippen LogP contribution in [0.5, 0.6) is 5.75 Å². The van der Waals surface area contributed by atoms with Gasteiger partial charge in [0.05, 0.1) is 0 Å². The molecule has 0 saturated heterocycles. The molecule has 0 aliphatic heterocycles. The highest BCUT2D eigenvalue weighted by Crippen LogP contribution is 2.22. The monoisotopic (exact) mass is 224 g/mol. The van der Waals surface area contributed by atoms with Crippen molar-refractivity contribution in [2.45, 2.75) is 19.1 Å². The van der Waals surface area contributed by atoms with Gasteiger partial charge in [0.15, 0.2) is 0 Å². The number of aliphatic hydroxyl groups is 1. The summed E-state index contributed by atoms with van der Waals surface area (Å²) in [5.74, 6) is -0.590. The van der Waals surface area contributed by atoms with E-state index in [0.29, 0.717) is 5.56 Å². The summed E-state index contributed by atoms with van der Waals surface area (Å²) in [5, 5.41) is 21.7. The third kappa shape index (κ3) is 3.22. The zero-order valence-corrected chi connectivity index (χ0v) is 9.05. The normalized spacial score (nSPS) is 14.4. The molecule has 1 aromatic carbocycles. The quantitative estimate of drug-likeness (QED) is 0.561. The highest BCUT2D eigenvalue weighted by atomic mass is 16.3. The molecule has 0 heterocycles. The number of nitrogens with one attached hydrogen (secondary N) is 1. The molecule has 2 unspecified atom stereocenters. The van der Waals surface area contributed by atoms with E-state index >= 15 is 0 Å². The molecule has 0 spiro atoms. The minimum absolute atomic E-state index is 0.0604. The Bertz CT molecular complexity index is 368. The zero-order valence-electron chi connectivity index (χ0n) is 9.05.